The van der Waals surface area contributed by atoms with Crippen molar-refractivity contribution in [2.45, 2.75) is 12.3 Å². The summed E-state index contributed by atoms with van der Waals surface area (Å²) < 4.78 is 59.8. The van der Waals surface area contributed by atoms with Crippen molar-refractivity contribution in [3.8, 4) is 0 Å². The Morgan fingerprint density at radius 1 is 1.07 bits per heavy atom. The molecule has 0 aliphatic carbocycles. The number of halogens is 5. The molecule has 0 amide bonds. The average molecular weight is 563 g/mol. The molecule has 0 spiro atoms. The number of fused-ring (bicyclic) bond motifs is 1. The first-order chi connectivity index (χ1) is 13.6. The minimum Gasteiger partial charge on any atom is -0.288 e. The molecule has 1 unspecified atom stereocenters. The fourth-order valence-corrected chi connectivity index (χ4v) is 5.27. The maximum Gasteiger partial charge on any atom is 0.419 e. The van der Waals surface area contributed by atoms with E-state index in [0.717, 1.165) is 6.07 Å². The Bertz CT molecular complexity index is 905. The van der Waals surface area contributed by atoms with Crippen LogP contribution in [0.15, 0.2) is 36.4 Å². The molecule has 0 radical (unpaired) electrons. The number of nitrogens with one attached hydrogen (secondary N) is 2. The van der Waals surface area contributed by atoms with E-state index < -0.39 is 24.9 Å². The number of benzene rings is 2. The second-order valence-electron chi connectivity index (χ2n) is 5.75. The summed E-state index contributed by atoms with van der Waals surface area (Å²) in [5, 5.41) is 16.9. The van der Waals surface area contributed by atoms with Crippen LogP contribution in [0.25, 0.3) is 10.8 Å². The maximum atomic E-state index is 13.9. The number of hydrogen-bond acceptors (Lipinski definition) is 4. The van der Waals surface area contributed by atoms with Gasteiger partial charge in [0.05, 0.1) is 10.3 Å². The third-order valence-corrected chi connectivity index (χ3v) is 6.37. The van der Waals surface area contributed by atoms with Gasteiger partial charge in [0.2, 0.25) is 0 Å². The molecule has 13 heteroatoms. The molecule has 0 saturated carbocycles. The van der Waals surface area contributed by atoms with Crippen molar-refractivity contribution in [3.05, 3.63) is 52.1 Å². The number of rotatable bonds is 10. The van der Waals surface area contributed by atoms with E-state index in [9.17, 15) is 27.9 Å². The van der Waals surface area contributed by atoms with Gasteiger partial charge < -0.3 is 0 Å². The molecule has 160 valence electrons. The van der Waals surface area contributed by atoms with E-state index in [0.29, 0.717) is 10.7 Å². The van der Waals surface area contributed by atoms with Gasteiger partial charge in [-0.25, -0.2) is 10.2 Å². The molecule has 0 fully saturated rings. The predicted molar refractivity (Wildman–Crippen MR) is 112 cm³/mol. The van der Waals surface area contributed by atoms with Gasteiger partial charge in [-0.15, -0.1) is 0 Å². The topological polar surface area (TPSA) is 93.5 Å². The van der Waals surface area contributed by atoms with E-state index in [1.54, 1.807) is 0 Å². The summed E-state index contributed by atoms with van der Waals surface area (Å²) in [5.74, 6) is 0. The Kier molecular flexibility index (Phi) is 8.62. The predicted octanol–water partition coefficient (Wildman–Crippen LogP) is 5.45. The molecule has 0 saturated heterocycles. The largest absolute Gasteiger partial charge is 0.419 e. The zero-order valence-electron chi connectivity index (χ0n) is 14.8. The molecule has 1 atom stereocenters. The van der Waals surface area contributed by atoms with E-state index in [1.807, 2.05) is 0 Å². The Morgan fingerprint density at radius 3 is 2.14 bits per heavy atom. The van der Waals surface area contributed by atoms with Crippen LogP contribution in [0, 0.1) is 10.1 Å². The monoisotopic (exact) mass is 561 g/mol. The molecule has 2 rings (SSSR count). The van der Waals surface area contributed by atoms with Crippen LogP contribution in [0.1, 0.15) is 11.7 Å². The first kappa shape index (κ1) is 24.2. The molecular formula is C16H17Br2F3N3O4P. The van der Waals surface area contributed by atoms with Crippen molar-refractivity contribution in [2.75, 3.05) is 23.7 Å². The zero-order valence-corrected chi connectivity index (χ0v) is 18.9. The van der Waals surface area contributed by atoms with Crippen molar-refractivity contribution < 1.29 is 27.2 Å². The fraction of sp³-hybridized carbons (Fsp3) is 0.375. The smallest absolute Gasteiger partial charge is 0.288 e. The molecule has 0 aliphatic heterocycles. The summed E-state index contributed by atoms with van der Waals surface area (Å²) in [4.78, 5) is 10.6. The molecule has 0 heterocycles. The number of nitro groups is 1. The first-order valence-electron chi connectivity index (χ1n) is 8.26. The second kappa shape index (κ2) is 10.3. The number of alkyl halides is 5. The molecule has 0 bridgehead atoms. The zero-order chi connectivity index (χ0) is 21.7. The van der Waals surface area contributed by atoms with Gasteiger partial charge in [-0.05, 0) is 17.0 Å². The van der Waals surface area contributed by atoms with Gasteiger partial charge >= 0.3 is 13.8 Å². The Hall–Kier alpha value is -1.04. The Labute approximate surface area is 181 Å². The van der Waals surface area contributed by atoms with Gasteiger partial charge in [-0.3, -0.25) is 19.2 Å². The maximum absolute atomic E-state index is 13.9. The lowest BCUT2D eigenvalue weighted by molar-refractivity contribution is -0.383. The van der Waals surface area contributed by atoms with Crippen molar-refractivity contribution in [2.24, 2.45) is 0 Å². The van der Waals surface area contributed by atoms with Crippen LogP contribution in [0.5, 0.6) is 0 Å². The molecule has 2 N–H and O–H groups in total. The van der Waals surface area contributed by atoms with E-state index in [4.69, 9.17) is 4.52 Å². The summed E-state index contributed by atoms with van der Waals surface area (Å²) in [6.45, 7) is 0.191. The molecule has 29 heavy (non-hydrogen) atoms. The number of hydrogen-bond donors (Lipinski definition) is 2. The van der Waals surface area contributed by atoms with Crippen molar-refractivity contribution in [1.29, 1.82) is 0 Å². The van der Waals surface area contributed by atoms with Crippen molar-refractivity contribution in [1.82, 2.24) is 10.2 Å². The summed E-state index contributed by atoms with van der Waals surface area (Å²) >= 11 is 6.23. The van der Waals surface area contributed by atoms with Gasteiger partial charge in [-0.1, -0.05) is 56.1 Å². The summed E-state index contributed by atoms with van der Waals surface area (Å²) in [6.07, 6.45) is -7.48. The van der Waals surface area contributed by atoms with E-state index >= 15 is 0 Å². The molecule has 2 aromatic carbocycles. The highest BCUT2D eigenvalue weighted by atomic mass is 79.9. The highest BCUT2D eigenvalue weighted by Crippen LogP contribution is 2.50. The van der Waals surface area contributed by atoms with Crippen LogP contribution in [0.3, 0.4) is 0 Å². The molecule has 2 aromatic rings. The SMILES string of the molecule is O=[N+]([O-])c1cccc2c(C(OP(=O)(NCCBr)NCCBr)C(F)(F)F)cccc12. The normalized spacial score (nSPS) is 13.6. The van der Waals surface area contributed by atoms with Gasteiger partial charge in [0.25, 0.3) is 5.69 Å². The van der Waals surface area contributed by atoms with E-state index in [1.165, 1.54) is 30.3 Å². The number of non-ortho nitro benzene ring substituents is 1. The van der Waals surface area contributed by atoms with Crippen LogP contribution in [-0.4, -0.2) is 34.8 Å². The lowest BCUT2D eigenvalue weighted by Crippen LogP contribution is -2.32. The van der Waals surface area contributed by atoms with Crippen LogP contribution in [0.2, 0.25) is 0 Å². The summed E-state index contributed by atoms with van der Waals surface area (Å²) in [5.41, 5.74) is -0.691. The second-order valence-corrected chi connectivity index (χ2v) is 9.28. The van der Waals surface area contributed by atoms with E-state index in [2.05, 4.69) is 42.0 Å². The third kappa shape index (κ3) is 6.22. The van der Waals surface area contributed by atoms with Crippen molar-refractivity contribution >= 4 is 56.0 Å². The molecular weight excluding hydrogens is 546 g/mol. The molecule has 0 aliphatic rings. The fourth-order valence-electron chi connectivity index (χ4n) is 2.66. The Balaban J connectivity index is 2.57. The summed E-state index contributed by atoms with van der Waals surface area (Å²) in [6, 6.07) is 7.62. The van der Waals surface area contributed by atoms with Gasteiger partial charge in [0.15, 0.2) is 6.10 Å². The van der Waals surface area contributed by atoms with Crippen LogP contribution >= 0.6 is 39.5 Å². The van der Waals surface area contributed by atoms with Crippen LogP contribution in [-0.2, 0) is 9.09 Å². The average Bonchev–Trinajstić information content (AvgIpc) is 2.67. The Morgan fingerprint density at radius 2 is 1.62 bits per heavy atom. The highest BCUT2D eigenvalue weighted by Gasteiger charge is 2.46. The summed E-state index contributed by atoms with van der Waals surface area (Å²) in [7, 11) is -4.09. The van der Waals surface area contributed by atoms with Gasteiger partial charge in [0, 0.05) is 29.8 Å². The minimum absolute atomic E-state index is 0.00319. The van der Waals surface area contributed by atoms with Crippen LogP contribution in [0.4, 0.5) is 18.9 Å². The minimum atomic E-state index is -4.92. The number of nitrogens with zero attached hydrogens (tertiary/aromatic N) is 1. The van der Waals surface area contributed by atoms with E-state index in [-0.39, 0.29) is 35.1 Å². The van der Waals surface area contributed by atoms with Gasteiger partial charge in [-0.2, -0.15) is 13.2 Å². The third-order valence-electron chi connectivity index (χ3n) is 3.79. The first-order valence-corrected chi connectivity index (χ1v) is 12.1. The standard InChI is InChI=1S/C16H17Br2F3N3O4P/c17-7-9-22-29(27,23-10-8-18)28-15(16(19,20)21)13-5-1-4-12-11(13)3-2-6-14(12)24(25)26/h1-6,15H,7-10H2,(H2,22,23,27). The van der Waals surface area contributed by atoms with Gasteiger partial charge in [0.1, 0.15) is 0 Å². The lowest BCUT2D eigenvalue weighted by Gasteiger charge is -2.28. The van der Waals surface area contributed by atoms with Crippen molar-refractivity contribution in [3.63, 3.8) is 0 Å². The number of nitro benzene ring substituents is 1. The lowest BCUT2D eigenvalue weighted by atomic mass is 9.99. The molecule has 7 nitrogen and oxygen atoms in total. The highest BCUT2D eigenvalue weighted by molar-refractivity contribution is 9.09. The molecule has 0 aromatic heterocycles. The van der Waals surface area contributed by atoms with Crippen LogP contribution < -0.4 is 10.2 Å². The quantitative estimate of drug-likeness (QED) is 0.173.